The average molecular weight is 390 g/mol. The van der Waals surface area contributed by atoms with E-state index in [1.54, 1.807) is 17.9 Å². The standard InChI is InChI=1S/C21H30N2O5/c1-14-7-6-8-17(13-14)22-18(24)15(2)27-19(25)16-9-11-23(12-10-16)20(26)28-21(3,4)5/h6-8,13,15-16H,9-12H2,1-5H3,(H,22,24)/t15-/m0/s1. The van der Waals surface area contributed by atoms with Crippen molar-refractivity contribution in [3.05, 3.63) is 29.8 Å². The fourth-order valence-corrected chi connectivity index (χ4v) is 2.91. The van der Waals surface area contributed by atoms with Crippen molar-refractivity contribution in [2.24, 2.45) is 5.92 Å². The van der Waals surface area contributed by atoms with Crippen molar-refractivity contribution in [3.63, 3.8) is 0 Å². The van der Waals surface area contributed by atoms with Gasteiger partial charge in [0.05, 0.1) is 5.92 Å². The lowest BCUT2D eigenvalue weighted by atomic mass is 9.97. The molecule has 0 aliphatic carbocycles. The van der Waals surface area contributed by atoms with E-state index in [0.717, 1.165) is 5.56 Å². The van der Waals surface area contributed by atoms with Crippen molar-refractivity contribution >= 4 is 23.7 Å². The second kappa shape index (κ2) is 9.08. The van der Waals surface area contributed by atoms with Gasteiger partial charge in [-0.25, -0.2) is 4.79 Å². The molecule has 2 rings (SSSR count). The summed E-state index contributed by atoms with van der Waals surface area (Å²) in [5.74, 6) is -1.10. The third-order valence-electron chi connectivity index (χ3n) is 4.43. The lowest BCUT2D eigenvalue weighted by molar-refractivity contribution is -0.158. The van der Waals surface area contributed by atoms with Gasteiger partial charge in [-0.3, -0.25) is 9.59 Å². The van der Waals surface area contributed by atoms with Gasteiger partial charge in [0, 0.05) is 18.8 Å². The van der Waals surface area contributed by atoms with E-state index in [-0.39, 0.29) is 17.9 Å². The molecular formula is C21H30N2O5. The molecule has 0 spiro atoms. The maximum atomic E-state index is 12.4. The molecule has 0 saturated carbocycles. The van der Waals surface area contributed by atoms with Crippen molar-refractivity contribution in [1.29, 1.82) is 0 Å². The van der Waals surface area contributed by atoms with Gasteiger partial charge < -0.3 is 19.7 Å². The second-order valence-corrected chi connectivity index (χ2v) is 8.18. The molecule has 1 fully saturated rings. The predicted octanol–water partition coefficient (Wildman–Crippen LogP) is 3.51. The number of carbonyl (C=O) groups excluding carboxylic acids is 3. The Hall–Kier alpha value is -2.57. The maximum Gasteiger partial charge on any atom is 0.410 e. The highest BCUT2D eigenvalue weighted by molar-refractivity contribution is 5.95. The Morgan fingerprint density at radius 1 is 1.18 bits per heavy atom. The van der Waals surface area contributed by atoms with E-state index in [0.29, 0.717) is 31.6 Å². The molecule has 1 aromatic carbocycles. The summed E-state index contributed by atoms with van der Waals surface area (Å²) in [6.45, 7) is 9.80. The zero-order valence-electron chi connectivity index (χ0n) is 17.3. The van der Waals surface area contributed by atoms with E-state index in [4.69, 9.17) is 9.47 Å². The zero-order valence-corrected chi connectivity index (χ0v) is 17.3. The van der Waals surface area contributed by atoms with E-state index in [9.17, 15) is 14.4 Å². The zero-order chi connectivity index (χ0) is 20.9. The number of carbonyl (C=O) groups is 3. The molecule has 1 saturated heterocycles. The van der Waals surface area contributed by atoms with Crippen molar-refractivity contribution in [3.8, 4) is 0 Å². The Bertz CT molecular complexity index is 718. The van der Waals surface area contributed by atoms with Crippen LogP contribution in [0.25, 0.3) is 0 Å². The molecule has 28 heavy (non-hydrogen) atoms. The fraction of sp³-hybridized carbons (Fsp3) is 0.571. The average Bonchev–Trinajstić information content (AvgIpc) is 2.60. The first-order chi connectivity index (χ1) is 13.0. The lowest BCUT2D eigenvalue weighted by Gasteiger charge is -2.32. The minimum absolute atomic E-state index is 0.326. The van der Waals surface area contributed by atoms with E-state index in [1.807, 2.05) is 45.9 Å². The highest BCUT2D eigenvalue weighted by Crippen LogP contribution is 2.21. The SMILES string of the molecule is Cc1cccc(NC(=O)[C@H](C)OC(=O)C2CCN(C(=O)OC(C)(C)C)CC2)c1. The molecule has 7 heteroatoms. The van der Waals surface area contributed by atoms with Crippen LogP contribution in [0.3, 0.4) is 0 Å². The smallest absolute Gasteiger partial charge is 0.410 e. The summed E-state index contributed by atoms with van der Waals surface area (Å²) < 4.78 is 10.7. The van der Waals surface area contributed by atoms with Gasteiger partial charge in [-0.15, -0.1) is 0 Å². The Kier molecular flexibility index (Phi) is 7.05. The van der Waals surface area contributed by atoms with E-state index in [2.05, 4.69) is 5.32 Å². The summed E-state index contributed by atoms with van der Waals surface area (Å²) >= 11 is 0. The molecule has 1 atom stereocenters. The van der Waals surface area contributed by atoms with E-state index < -0.39 is 17.7 Å². The number of rotatable bonds is 4. The molecular weight excluding hydrogens is 360 g/mol. The van der Waals surface area contributed by atoms with Crippen molar-refractivity contribution in [2.75, 3.05) is 18.4 Å². The number of likely N-dealkylation sites (tertiary alicyclic amines) is 1. The molecule has 0 bridgehead atoms. The van der Waals surface area contributed by atoms with Gasteiger partial charge in [-0.1, -0.05) is 12.1 Å². The van der Waals surface area contributed by atoms with Crippen LogP contribution in [0.15, 0.2) is 24.3 Å². The first kappa shape index (κ1) is 21.7. The van der Waals surface area contributed by atoms with Crippen molar-refractivity contribution in [1.82, 2.24) is 4.90 Å². The van der Waals surface area contributed by atoms with Crippen LogP contribution in [0.4, 0.5) is 10.5 Å². The molecule has 0 aromatic heterocycles. The highest BCUT2D eigenvalue weighted by atomic mass is 16.6. The van der Waals surface area contributed by atoms with Crippen molar-refractivity contribution < 1.29 is 23.9 Å². The minimum Gasteiger partial charge on any atom is -0.452 e. The topological polar surface area (TPSA) is 84.9 Å². The normalized spacial score (nSPS) is 16.2. The number of hydrogen-bond acceptors (Lipinski definition) is 5. The Labute approximate surface area is 166 Å². The number of nitrogens with one attached hydrogen (secondary N) is 1. The predicted molar refractivity (Wildman–Crippen MR) is 106 cm³/mol. The van der Waals surface area contributed by atoms with Gasteiger partial charge in [-0.05, 0) is 65.2 Å². The number of aryl methyl sites for hydroxylation is 1. The number of esters is 1. The van der Waals surface area contributed by atoms with Crippen LogP contribution < -0.4 is 5.32 Å². The van der Waals surface area contributed by atoms with Gasteiger partial charge in [0.1, 0.15) is 5.60 Å². The van der Waals surface area contributed by atoms with Crippen LogP contribution >= 0.6 is 0 Å². The molecule has 1 aromatic rings. The molecule has 1 aliphatic rings. The molecule has 7 nitrogen and oxygen atoms in total. The Morgan fingerprint density at radius 2 is 1.82 bits per heavy atom. The number of anilines is 1. The summed E-state index contributed by atoms with van der Waals surface area (Å²) in [6, 6.07) is 7.41. The summed E-state index contributed by atoms with van der Waals surface area (Å²) in [6.07, 6.45) is -0.281. The Balaban J connectivity index is 1.80. The number of benzene rings is 1. The van der Waals surface area contributed by atoms with Crippen molar-refractivity contribution in [2.45, 2.75) is 59.2 Å². The number of nitrogens with zero attached hydrogens (tertiary/aromatic N) is 1. The van der Waals surface area contributed by atoms with E-state index in [1.165, 1.54) is 0 Å². The van der Waals surface area contributed by atoms with Gasteiger partial charge in [-0.2, -0.15) is 0 Å². The summed E-state index contributed by atoms with van der Waals surface area (Å²) in [5.41, 5.74) is 1.14. The van der Waals surface area contributed by atoms with Crippen LogP contribution in [0, 0.1) is 12.8 Å². The minimum atomic E-state index is -0.892. The summed E-state index contributed by atoms with van der Waals surface area (Å²) in [7, 11) is 0. The molecule has 1 N–H and O–H groups in total. The summed E-state index contributed by atoms with van der Waals surface area (Å²) in [5, 5.41) is 2.75. The Morgan fingerprint density at radius 3 is 2.39 bits per heavy atom. The number of amides is 2. The third kappa shape index (κ3) is 6.55. The van der Waals surface area contributed by atoms with Crippen LogP contribution in [0.2, 0.25) is 0 Å². The molecule has 1 aliphatic heterocycles. The maximum absolute atomic E-state index is 12.4. The van der Waals surface area contributed by atoms with Crippen LogP contribution in [-0.2, 0) is 19.1 Å². The molecule has 2 amide bonds. The molecule has 0 radical (unpaired) electrons. The first-order valence-electron chi connectivity index (χ1n) is 9.61. The monoisotopic (exact) mass is 390 g/mol. The first-order valence-corrected chi connectivity index (χ1v) is 9.61. The second-order valence-electron chi connectivity index (χ2n) is 8.18. The molecule has 154 valence electrons. The number of hydrogen-bond donors (Lipinski definition) is 1. The van der Waals surface area contributed by atoms with E-state index >= 15 is 0 Å². The number of ether oxygens (including phenoxy) is 2. The summed E-state index contributed by atoms with van der Waals surface area (Å²) in [4.78, 5) is 38.3. The van der Waals surface area contributed by atoms with Crippen LogP contribution in [0.1, 0.15) is 46.1 Å². The molecule has 0 unspecified atom stereocenters. The number of piperidine rings is 1. The fourth-order valence-electron chi connectivity index (χ4n) is 2.91. The van der Waals surface area contributed by atoms with Gasteiger partial charge in [0.15, 0.2) is 6.10 Å². The van der Waals surface area contributed by atoms with Crippen LogP contribution in [0.5, 0.6) is 0 Å². The third-order valence-corrected chi connectivity index (χ3v) is 4.43. The van der Waals surface area contributed by atoms with Gasteiger partial charge in [0.25, 0.3) is 5.91 Å². The highest BCUT2D eigenvalue weighted by Gasteiger charge is 2.32. The molecule has 1 heterocycles. The lowest BCUT2D eigenvalue weighted by Crippen LogP contribution is -2.43. The van der Waals surface area contributed by atoms with Crippen LogP contribution in [-0.4, -0.2) is 47.7 Å². The largest absolute Gasteiger partial charge is 0.452 e. The van der Waals surface area contributed by atoms with Gasteiger partial charge in [0.2, 0.25) is 0 Å². The van der Waals surface area contributed by atoms with Gasteiger partial charge >= 0.3 is 12.1 Å². The quantitative estimate of drug-likeness (QED) is 0.795.